The van der Waals surface area contributed by atoms with Crippen LogP contribution in [0.4, 0.5) is 4.39 Å². The third kappa shape index (κ3) is 3.72. The van der Waals surface area contributed by atoms with Crippen molar-refractivity contribution in [2.75, 3.05) is 12.4 Å². The van der Waals surface area contributed by atoms with Gasteiger partial charge < -0.3 is 4.74 Å². The molecule has 14 heavy (non-hydrogen) atoms. The molecule has 0 aromatic heterocycles. The van der Waals surface area contributed by atoms with Gasteiger partial charge in [-0.1, -0.05) is 12.2 Å². The SMILES string of the molecule is Fc1ccc(OC/C=C/CS)cc1Br. The fourth-order valence-electron chi connectivity index (χ4n) is 0.854. The third-order valence-electron chi connectivity index (χ3n) is 1.51. The normalized spacial score (nSPS) is 10.8. The maximum Gasteiger partial charge on any atom is 0.137 e. The quantitative estimate of drug-likeness (QED) is 0.655. The van der Waals surface area contributed by atoms with E-state index in [4.69, 9.17) is 4.74 Å². The van der Waals surface area contributed by atoms with Gasteiger partial charge in [-0.05, 0) is 34.1 Å². The van der Waals surface area contributed by atoms with Crippen molar-refractivity contribution < 1.29 is 9.13 Å². The summed E-state index contributed by atoms with van der Waals surface area (Å²) in [5, 5.41) is 0. The second-order valence-corrected chi connectivity index (χ2v) is 3.76. The molecule has 1 aromatic rings. The Bertz CT molecular complexity index is 328. The molecule has 1 nitrogen and oxygen atoms in total. The van der Waals surface area contributed by atoms with Gasteiger partial charge in [-0.2, -0.15) is 12.6 Å². The van der Waals surface area contributed by atoms with E-state index in [0.717, 1.165) is 0 Å². The lowest BCUT2D eigenvalue weighted by atomic mass is 10.3. The van der Waals surface area contributed by atoms with Crippen LogP contribution >= 0.6 is 28.6 Å². The highest BCUT2D eigenvalue weighted by molar-refractivity contribution is 9.10. The Morgan fingerprint density at radius 2 is 2.21 bits per heavy atom. The lowest BCUT2D eigenvalue weighted by molar-refractivity contribution is 0.361. The van der Waals surface area contributed by atoms with E-state index in [1.165, 1.54) is 6.07 Å². The number of ether oxygens (including phenoxy) is 1. The first-order valence-electron chi connectivity index (χ1n) is 4.07. The Kier molecular flexibility index (Phi) is 5.04. The van der Waals surface area contributed by atoms with E-state index in [9.17, 15) is 4.39 Å². The predicted octanol–water partition coefficient (Wildman–Crippen LogP) is 3.45. The van der Waals surface area contributed by atoms with E-state index >= 15 is 0 Å². The number of halogens is 2. The van der Waals surface area contributed by atoms with Crippen LogP contribution in [-0.2, 0) is 0 Å². The first kappa shape index (κ1) is 11.6. The van der Waals surface area contributed by atoms with E-state index in [-0.39, 0.29) is 5.82 Å². The molecule has 0 bridgehead atoms. The average Bonchev–Trinajstić information content (AvgIpc) is 2.18. The molecule has 0 fully saturated rings. The molecule has 0 spiro atoms. The summed E-state index contributed by atoms with van der Waals surface area (Å²) in [6, 6.07) is 4.56. The minimum atomic E-state index is -0.289. The van der Waals surface area contributed by atoms with E-state index < -0.39 is 0 Å². The minimum Gasteiger partial charge on any atom is -0.490 e. The molecule has 0 aliphatic rings. The highest BCUT2D eigenvalue weighted by Crippen LogP contribution is 2.21. The summed E-state index contributed by atoms with van der Waals surface area (Å²) in [6.07, 6.45) is 3.76. The molecule has 0 heterocycles. The third-order valence-corrected chi connectivity index (χ3v) is 2.33. The lowest BCUT2D eigenvalue weighted by Crippen LogP contribution is -1.93. The molecule has 0 radical (unpaired) electrons. The number of thiol groups is 1. The molecule has 0 N–H and O–H groups in total. The van der Waals surface area contributed by atoms with Crippen LogP contribution in [0.1, 0.15) is 0 Å². The van der Waals surface area contributed by atoms with Gasteiger partial charge in [0.15, 0.2) is 0 Å². The fourth-order valence-corrected chi connectivity index (χ4v) is 1.36. The second-order valence-electron chi connectivity index (χ2n) is 2.54. The van der Waals surface area contributed by atoms with Gasteiger partial charge in [-0.3, -0.25) is 0 Å². The van der Waals surface area contributed by atoms with E-state index in [1.54, 1.807) is 12.1 Å². The molecule has 4 heteroatoms. The first-order chi connectivity index (χ1) is 6.74. The van der Waals surface area contributed by atoms with Gasteiger partial charge >= 0.3 is 0 Å². The number of benzene rings is 1. The summed E-state index contributed by atoms with van der Waals surface area (Å²) in [5.41, 5.74) is 0. The van der Waals surface area contributed by atoms with Crippen LogP contribution in [0.5, 0.6) is 5.75 Å². The Labute approximate surface area is 96.5 Å². The van der Waals surface area contributed by atoms with E-state index in [1.807, 2.05) is 12.2 Å². The van der Waals surface area contributed by atoms with Crippen LogP contribution in [0.2, 0.25) is 0 Å². The molecule has 0 unspecified atom stereocenters. The summed E-state index contributed by atoms with van der Waals surface area (Å²) in [6.45, 7) is 0.471. The Morgan fingerprint density at radius 3 is 2.86 bits per heavy atom. The fraction of sp³-hybridized carbons (Fsp3) is 0.200. The topological polar surface area (TPSA) is 9.23 Å². The van der Waals surface area contributed by atoms with Gasteiger partial charge in [-0.25, -0.2) is 4.39 Å². The smallest absolute Gasteiger partial charge is 0.137 e. The molecule has 76 valence electrons. The number of hydrogen-bond acceptors (Lipinski definition) is 2. The standard InChI is InChI=1S/C10H10BrFOS/c11-9-7-8(3-4-10(9)12)13-5-1-2-6-14/h1-4,7,14H,5-6H2/b2-1+. The van der Waals surface area contributed by atoms with E-state index in [2.05, 4.69) is 28.6 Å². The molecular formula is C10H10BrFOS. The van der Waals surface area contributed by atoms with Crippen molar-refractivity contribution in [3.8, 4) is 5.75 Å². The largest absolute Gasteiger partial charge is 0.490 e. The summed E-state index contributed by atoms with van der Waals surface area (Å²) in [7, 11) is 0. The van der Waals surface area contributed by atoms with Crippen molar-refractivity contribution in [2.24, 2.45) is 0 Å². The van der Waals surface area contributed by atoms with Crippen LogP contribution < -0.4 is 4.74 Å². The predicted molar refractivity (Wildman–Crippen MR) is 62.6 cm³/mol. The van der Waals surface area contributed by atoms with Gasteiger partial charge in [0.1, 0.15) is 18.2 Å². The van der Waals surface area contributed by atoms with Crippen molar-refractivity contribution in [2.45, 2.75) is 0 Å². The number of rotatable bonds is 4. The van der Waals surface area contributed by atoms with Crippen molar-refractivity contribution in [1.82, 2.24) is 0 Å². The summed E-state index contributed by atoms with van der Waals surface area (Å²) in [4.78, 5) is 0. The highest BCUT2D eigenvalue weighted by Gasteiger charge is 1.99. The molecule has 0 saturated heterocycles. The monoisotopic (exact) mass is 276 g/mol. The zero-order chi connectivity index (χ0) is 10.4. The molecule has 0 aliphatic heterocycles. The molecule has 1 aromatic carbocycles. The van der Waals surface area contributed by atoms with Crippen LogP contribution in [-0.4, -0.2) is 12.4 Å². The zero-order valence-electron chi connectivity index (χ0n) is 7.41. The Morgan fingerprint density at radius 1 is 1.43 bits per heavy atom. The van der Waals surface area contributed by atoms with Gasteiger partial charge in [0.05, 0.1) is 4.47 Å². The summed E-state index contributed by atoms with van der Waals surface area (Å²) < 4.78 is 18.6. The highest BCUT2D eigenvalue weighted by atomic mass is 79.9. The van der Waals surface area contributed by atoms with Gasteiger partial charge in [0, 0.05) is 5.75 Å². The van der Waals surface area contributed by atoms with Crippen molar-refractivity contribution >= 4 is 28.6 Å². The maximum absolute atomic E-state index is 12.8. The zero-order valence-corrected chi connectivity index (χ0v) is 9.89. The molecule has 0 amide bonds. The summed E-state index contributed by atoms with van der Waals surface area (Å²) in [5.74, 6) is 1.04. The second kappa shape index (κ2) is 6.09. The molecule has 0 atom stereocenters. The maximum atomic E-state index is 12.8. The van der Waals surface area contributed by atoms with Crippen LogP contribution in [0, 0.1) is 5.82 Å². The van der Waals surface area contributed by atoms with Crippen LogP contribution in [0.15, 0.2) is 34.8 Å². The van der Waals surface area contributed by atoms with Crippen LogP contribution in [0.25, 0.3) is 0 Å². The Hall–Kier alpha value is -0.480. The van der Waals surface area contributed by atoms with E-state index in [0.29, 0.717) is 22.6 Å². The molecule has 1 rings (SSSR count). The average molecular weight is 277 g/mol. The van der Waals surface area contributed by atoms with Gasteiger partial charge in [0.2, 0.25) is 0 Å². The van der Waals surface area contributed by atoms with Crippen LogP contribution in [0.3, 0.4) is 0 Å². The number of hydrogen-bond donors (Lipinski definition) is 1. The first-order valence-corrected chi connectivity index (χ1v) is 5.50. The molecule has 0 saturated carbocycles. The molecular weight excluding hydrogens is 267 g/mol. The van der Waals surface area contributed by atoms with Gasteiger partial charge in [-0.15, -0.1) is 0 Å². The lowest BCUT2D eigenvalue weighted by Gasteiger charge is -2.03. The summed E-state index contributed by atoms with van der Waals surface area (Å²) >= 11 is 7.09. The van der Waals surface area contributed by atoms with Crippen molar-refractivity contribution in [3.63, 3.8) is 0 Å². The Balaban J connectivity index is 2.51. The van der Waals surface area contributed by atoms with Crippen molar-refractivity contribution in [3.05, 3.63) is 40.6 Å². The van der Waals surface area contributed by atoms with Gasteiger partial charge in [0.25, 0.3) is 0 Å². The van der Waals surface area contributed by atoms with Crippen molar-refractivity contribution in [1.29, 1.82) is 0 Å². The minimum absolute atomic E-state index is 0.289. The molecule has 0 aliphatic carbocycles.